The van der Waals surface area contributed by atoms with Crippen LogP contribution in [-0.4, -0.2) is 0 Å². The van der Waals surface area contributed by atoms with Gasteiger partial charge in [-0.15, -0.1) is 11.3 Å². The van der Waals surface area contributed by atoms with Crippen molar-refractivity contribution in [3.05, 3.63) is 33.1 Å². The fraction of sp³-hybridized carbons (Fsp3) is 0.111. The molecule has 0 aliphatic heterocycles. The molecule has 1 aromatic heterocycles. The van der Waals surface area contributed by atoms with Gasteiger partial charge in [0.25, 0.3) is 0 Å². The van der Waals surface area contributed by atoms with Gasteiger partial charge in [-0.05, 0) is 35.4 Å². The molecule has 0 N–H and O–H groups in total. The minimum absolute atomic E-state index is 0.742. The molecule has 1 aromatic carbocycles. The van der Waals surface area contributed by atoms with Crippen molar-refractivity contribution >= 4 is 44.6 Å². The largest absolute Gasteiger partial charge is 0.142 e. The number of aryl methyl sites for hydroxylation is 1. The Morgan fingerprint density at radius 1 is 1.25 bits per heavy atom. The Morgan fingerprint density at radius 2 is 2.00 bits per heavy atom. The van der Waals surface area contributed by atoms with E-state index in [1.165, 1.54) is 0 Å². The number of fused-ring (bicyclic) bond motifs is 1. The zero-order chi connectivity index (χ0) is 8.72. The highest BCUT2D eigenvalue weighted by Gasteiger charge is 2.06. The maximum absolute atomic E-state index is 6.00. The van der Waals surface area contributed by atoms with Gasteiger partial charge < -0.3 is 0 Å². The molecular weight excluding hydrogens is 211 g/mol. The molecule has 0 atom stereocenters. The second-order valence-corrected chi connectivity index (χ2v) is 4.36. The number of halogens is 2. The first kappa shape index (κ1) is 8.36. The van der Waals surface area contributed by atoms with Crippen molar-refractivity contribution in [2.45, 2.75) is 6.92 Å². The lowest BCUT2D eigenvalue weighted by atomic mass is 10.1. The minimum atomic E-state index is 0.742. The molecule has 0 nitrogen and oxygen atoms in total. The summed E-state index contributed by atoms with van der Waals surface area (Å²) in [5, 5.41) is 4.68. The average molecular weight is 217 g/mol. The molecule has 0 saturated carbocycles. The Hall–Kier alpha value is -0.240. The third kappa shape index (κ3) is 1.13. The van der Waals surface area contributed by atoms with Gasteiger partial charge in [0.05, 0.1) is 9.72 Å². The molecule has 62 valence electrons. The van der Waals surface area contributed by atoms with Gasteiger partial charge in [0.1, 0.15) is 0 Å². The van der Waals surface area contributed by atoms with Crippen molar-refractivity contribution in [2.75, 3.05) is 0 Å². The van der Waals surface area contributed by atoms with Crippen molar-refractivity contribution < 1.29 is 0 Å². The number of hydrogen-bond donors (Lipinski definition) is 0. The third-order valence-electron chi connectivity index (χ3n) is 1.90. The molecule has 0 fully saturated rings. The van der Waals surface area contributed by atoms with Gasteiger partial charge in [0, 0.05) is 5.02 Å². The van der Waals surface area contributed by atoms with Crippen molar-refractivity contribution in [1.29, 1.82) is 0 Å². The van der Waals surface area contributed by atoms with Crippen LogP contribution in [0.1, 0.15) is 5.56 Å². The normalized spacial score (nSPS) is 10.9. The number of rotatable bonds is 0. The van der Waals surface area contributed by atoms with E-state index < -0.39 is 0 Å². The molecule has 0 radical (unpaired) electrons. The molecule has 0 unspecified atom stereocenters. The monoisotopic (exact) mass is 216 g/mol. The van der Waals surface area contributed by atoms with Crippen molar-refractivity contribution in [1.82, 2.24) is 0 Å². The standard InChI is InChI=1S/C9H6Cl2S/c1-5-6-2-3-12-9(6)8(11)4-7(5)10/h2-4H,1H3. The summed E-state index contributed by atoms with van der Waals surface area (Å²) in [4.78, 5) is 0. The van der Waals surface area contributed by atoms with Gasteiger partial charge in [0.15, 0.2) is 0 Å². The van der Waals surface area contributed by atoms with Crippen LogP contribution in [0.4, 0.5) is 0 Å². The highest BCUT2D eigenvalue weighted by Crippen LogP contribution is 2.35. The van der Waals surface area contributed by atoms with E-state index in [9.17, 15) is 0 Å². The van der Waals surface area contributed by atoms with Gasteiger partial charge in [-0.2, -0.15) is 0 Å². The predicted molar refractivity (Wildman–Crippen MR) is 56.6 cm³/mol. The lowest BCUT2D eigenvalue weighted by molar-refractivity contribution is 1.55. The predicted octanol–water partition coefficient (Wildman–Crippen LogP) is 4.52. The summed E-state index contributed by atoms with van der Waals surface area (Å²) in [7, 11) is 0. The smallest absolute Gasteiger partial charge is 0.0599 e. The first-order chi connectivity index (χ1) is 5.70. The van der Waals surface area contributed by atoms with Crippen LogP contribution in [-0.2, 0) is 0 Å². The van der Waals surface area contributed by atoms with Crippen molar-refractivity contribution in [3.63, 3.8) is 0 Å². The summed E-state index contributed by atoms with van der Waals surface area (Å²) < 4.78 is 1.12. The molecule has 2 rings (SSSR count). The molecule has 0 aliphatic carbocycles. The fourth-order valence-corrected chi connectivity index (χ4v) is 2.67. The molecule has 0 aliphatic rings. The first-order valence-electron chi connectivity index (χ1n) is 3.52. The van der Waals surface area contributed by atoms with Crippen LogP contribution in [0, 0.1) is 6.92 Å². The van der Waals surface area contributed by atoms with E-state index in [-0.39, 0.29) is 0 Å². The lowest BCUT2D eigenvalue weighted by Gasteiger charge is -2.00. The Labute approximate surface area is 84.7 Å². The average Bonchev–Trinajstić information content (AvgIpc) is 2.48. The fourth-order valence-electron chi connectivity index (χ4n) is 1.20. The Balaban J connectivity index is 2.97. The van der Waals surface area contributed by atoms with Crippen LogP contribution in [0.3, 0.4) is 0 Å². The van der Waals surface area contributed by atoms with Crippen LogP contribution in [0.5, 0.6) is 0 Å². The van der Waals surface area contributed by atoms with E-state index in [1.54, 1.807) is 17.4 Å². The van der Waals surface area contributed by atoms with Crippen LogP contribution in [0.2, 0.25) is 10.0 Å². The van der Waals surface area contributed by atoms with Crippen LogP contribution in [0.15, 0.2) is 17.5 Å². The lowest BCUT2D eigenvalue weighted by Crippen LogP contribution is -1.76. The summed E-state index contributed by atoms with van der Waals surface area (Å²) in [5.41, 5.74) is 1.11. The molecule has 0 amide bonds. The minimum Gasteiger partial charge on any atom is -0.142 e. The van der Waals surface area contributed by atoms with E-state index in [2.05, 4.69) is 0 Å². The highest BCUT2D eigenvalue weighted by atomic mass is 35.5. The number of benzene rings is 1. The van der Waals surface area contributed by atoms with Gasteiger partial charge in [-0.1, -0.05) is 23.2 Å². The summed E-state index contributed by atoms with van der Waals surface area (Å²) in [6.45, 7) is 2.01. The summed E-state index contributed by atoms with van der Waals surface area (Å²) in [6.07, 6.45) is 0. The SMILES string of the molecule is Cc1c(Cl)cc(Cl)c2sccc12. The summed E-state index contributed by atoms with van der Waals surface area (Å²) in [5.74, 6) is 0. The highest BCUT2D eigenvalue weighted by molar-refractivity contribution is 7.17. The molecular formula is C9H6Cl2S. The van der Waals surface area contributed by atoms with Crippen LogP contribution >= 0.6 is 34.5 Å². The Kier molecular flexibility index (Phi) is 2.03. The van der Waals surface area contributed by atoms with E-state index >= 15 is 0 Å². The van der Waals surface area contributed by atoms with Crippen molar-refractivity contribution in [3.8, 4) is 0 Å². The maximum Gasteiger partial charge on any atom is 0.0599 e. The first-order valence-corrected chi connectivity index (χ1v) is 5.15. The maximum atomic E-state index is 6.00. The zero-order valence-electron chi connectivity index (χ0n) is 6.40. The number of hydrogen-bond acceptors (Lipinski definition) is 1. The third-order valence-corrected chi connectivity index (χ3v) is 3.65. The van der Waals surface area contributed by atoms with E-state index in [1.807, 2.05) is 18.4 Å². The Morgan fingerprint density at radius 3 is 2.75 bits per heavy atom. The van der Waals surface area contributed by atoms with Gasteiger partial charge in [-0.25, -0.2) is 0 Å². The molecule has 1 heterocycles. The van der Waals surface area contributed by atoms with Crippen LogP contribution < -0.4 is 0 Å². The quantitative estimate of drug-likeness (QED) is 0.608. The molecule has 0 spiro atoms. The van der Waals surface area contributed by atoms with E-state index in [0.717, 1.165) is 25.7 Å². The molecule has 0 bridgehead atoms. The van der Waals surface area contributed by atoms with E-state index in [0.29, 0.717) is 0 Å². The summed E-state index contributed by atoms with van der Waals surface area (Å²) >= 11 is 13.6. The molecule has 2 aromatic rings. The number of thiophene rings is 1. The second kappa shape index (κ2) is 2.91. The van der Waals surface area contributed by atoms with Crippen molar-refractivity contribution in [2.24, 2.45) is 0 Å². The topological polar surface area (TPSA) is 0 Å². The van der Waals surface area contributed by atoms with Gasteiger partial charge >= 0.3 is 0 Å². The van der Waals surface area contributed by atoms with E-state index in [4.69, 9.17) is 23.2 Å². The second-order valence-electron chi connectivity index (χ2n) is 2.63. The zero-order valence-corrected chi connectivity index (χ0v) is 8.72. The molecule has 3 heteroatoms. The Bertz CT molecular complexity index is 431. The summed E-state index contributed by atoms with van der Waals surface area (Å²) in [6, 6.07) is 3.85. The van der Waals surface area contributed by atoms with Gasteiger partial charge in [0.2, 0.25) is 0 Å². The van der Waals surface area contributed by atoms with Crippen LogP contribution in [0.25, 0.3) is 10.1 Å². The molecule has 12 heavy (non-hydrogen) atoms. The van der Waals surface area contributed by atoms with Gasteiger partial charge in [-0.3, -0.25) is 0 Å². The molecule has 0 saturated heterocycles.